The molecular weight excluding hydrogens is 286 g/mol. The molecule has 0 spiro atoms. The summed E-state index contributed by atoms with van der Waals surface area (Å²) in [5.74, 6) is -2.76. The van der Waals surface area contributed by atoms with Crippen LogP contribution in [0.4, 0.5) is 13.2 Å². The molecule has 0 aromatic rings. The summed E-state index contributed by atoms with van der Waals surface area (Å²) in [7, 11) is 0. The summed E-state index contributed by atoms with van der Waals surface area (Å²) in [4.78, 5) is 8.90. The number of alkyl halides is 3. The van der Waals surface area contributed by atoms with Crippen LogP contribution in [-0.2, 0) is 4.79 Å². The second-order valence-corrected chi connectivity index (χ2v) is 0.803. The van der Waals surface area contributed by atoms with Gasteiger partial charge in [-0.1, -0.05) is 0 Å². The maximum Gasteiger partial charge on any atom is 0.490 e. The number of carboxylic acid groups (broad SMARTS) is 1. The molecule has 56 valence electrons. The van der Waals surface area contributed by atoms with Crippen molar-refractivity contribution < 1.29 is 70.0 Å². The van der Waals surface area contributed by atoms with Crippen molar-refractivity contribution >= 4 is 5.97 Å². The molecule has 0 aliphatic rings. The first-order chi connectivity index (χ1) is 2.94. The Balaban J connectivity index is 0. The van der Waals surface area contributed by atoms with Crippen molar-refractivity contribution in [2.45, 2.75) is 6.18 Å². The van der Waals surface area contributed by atoms with E-state index in [1.165, 1.54) is 0 Å². The third-order valence-corrected chi connectivity index (χ3v) is 0.243. The minimum absolute atomic E-state index is 0. The predicted octanol–water partition coefficient (Wildman–Crippen LogP) is 0.633. The molecule has 0 amide bonds. The van der Waals surface area contributed by atoms with Gasteiger partial charge in [-0.15, -0.1) is 0 Å². The van der Waals surface area contributed by atoms with Gasteiger partial charge in [-0.3, -0.25) is 0 Å². The molecule has 0 bridgehead atoms. The zero-order valence-corrected chi connectivity index (χ0v) is 4.97. The van der Waals surface area contributed by atoms with Crippen LogP contribution >= 0.6 is 0 Å². The average molecular weight is 287 g/mol. The molecule has 0 rings (SSSR count). The molecule has 1 N–H and O–H groups in total. The van der Waals surface area contributed by atoms with Crippen molar-refractivity contribution in [1.29, 1.82) is 0 Å². The largest absolute Gasteiger partial charge is 0.490 e. The van der Waals surface area contributed by atoms with Crippen molar-refractivity contribution in [2.75, 3.05) is 0 Å². The van der Waals surface area contributed by atoms with E-state index in [1.54, 1.807) is 0 Å². The summed E-state index contributed by atoms with van der Waals surface area (Å²) in [6.45, 7) is 0. The SMILES string of the molecule is O=C(O)C(F)(F)F.[Yb]. The fourth-order valence-electron chi connectivity index (χ4n) is 0. The summed E-state index contributed by atoms with van der Waals surface area (Å²) in [6, 6.07) is 0. The number of aliphatic carboxylic acids is 1. The molecule has 0 radical (unpaired) electrons. The van der Waals surface area contributed by atoms with Crippen LogP contribution in [0.3, 0.4) is 0 Å². The van der Waals surface area contributed by atoms with Gasteiger partial charge in [0.05, 0.1) is 0 Å². The van der Waals surface area contributed by atoms with E-state index in [2.05, 4.69) is 0 Å². The Morgan fingerprint density at radius 3 is 1.50 bits per heavy atom. The first kappa shape index (κ1) is 11.6. The van der Waals surface area contributed by atoms with Crippen LogP contribution in [-0.4, -0.2) is 17.3 Å². The molecular formula is C2HF3O2Yb. The van der Waals surface area contributed by atoms with Gasteiger partial charge in [-0.25, -0.2) is 4.79 Å². The molecule has 0 aliphatic heterocycles. The van der Waals surface area contributed by atoms with E-state index in [0.29, 0.717) is 0 Å². The molecule has 6 heteroatoms. The minimum Gasteiger partial charge on any atom is -0.475 e. The molecule has 0 unspecified atom stereocenters. The molecule has 0 atom stereocenters. The van der Waals surface area contributed by atoms with E-state index in [0.717, 1.165) is 0 Å². The molecule has 8 heavy (non-hydrogen) atoms. The fourth-order valence-corrected chi connectivity index (χ4v) is 0. The molecule has 0 aromatic heterocycles. The van der Waals surface area contributed by atoms with Crippen LogP contribution in [0.15, 0.2) is 0 Å². The number of hydrogen-bond acceptors (Lipinski definition) is 1. The summed E-state index contributed by atoms with van der Waals surface area (Å²) in [6.07, 6.45) is -5.08. The Morgan fingerprint density at radius 1 is 1.38 bits per heavy atom. The molecule has 0 fully saturated rings. The summed E-state index contributed by atoms with van der Waals surface area (Å²) in [5.41, 5.74) is 0. The third-order valence-electron chi connectivity index (χ3n) is 0.243. The van der Waals surface area contributed by atoms with Gasteiger partial charge in [0, 0.05) is 46.9 Å². The standard InChI is InChI=1S/C2HF3O2.Yb/c3-2(4,5)1(6)7;/h(H,6,7);. The number of rotatable bonds is 0. The third kappa shape index (κ3) is 4.93. The summed E-state index contributed by atoms with van der Waals surface area (Å²) in [5, 5.41) is 7.12. The zero-order valence-electron chi connectivity index (χ0n) is 3.26. The van der Waals surface area contributed by atoms with E-state index in [9.17, 15) is 13.2 Å². The Bertz CT molecular complexity index is 87.8. The second kappa shape index (κ2) is 3.74. The van der Waals surface area contributed by atoms with Gasteiger partial charge in [0.2, 0.25) is 0 Å². The first-order valence-electron chi connectivity index (χ1n) is 1.24. The molecule has 0 saturated heterocycles. The topological polar surface area (TPSA) is 37.3 Å². The fraction of sp³-hybridized carbons (Fsp3) is 0.500. The Morgan fingerprint density at radius 2 is 1.50 bits per heavy atom. The van der Waals surface area contributed by atoms with E-state index in [1.807, 2.05) is 0 Å². The Hall–Kier alpha value is 0.779. The van der Waals surface area contributed by atoms with Gasteiger partial charge >= 0.3 is 12.1 Å². The van der Waals surface area contributed by atoms with Crippen LogP contribution in [0.2, 0.25) is 0 Å². The Labute approximate surface area is 81.3 Å². The summed E-state index contributed by atoms with van der Waals surface area (Å²) < 4.78 is 31.7. The number of halogens is 3. The molecule has 0 aliphatic carbocycles. The molecule has 0 heterocycles. The molecule has 2 nitrogen and oxygen atoms in total. The smallest absolute Gasteiger partial charge is 0.475 e. The van der Waals surface area contributed by atoms with Crippen molar-refractivity contribution in [2.24, 2.45) is 0 Å². The molecule has 0 aromatic carbocycles. The maximum atomic E-state index is 10.6. The van der Waals surface area contributed by atoms with Crippen LogP contribution in [0, 0.1) is 46.9 Å². The van der Waals surface area contributed by atoms with Gasteiger partial charge in [-0.2, -0.15) is 13.2 Å². The van der Waals surface area contributed by atoms with Crippen molar-refractivity contribution in [3.63, 3.8) is 0 Å². The van der Waals surface area contributed by atoms with E-state index >= 15 is 0 Å². The number of carboxylic acids is 1. The summed E-state index contributed by atoms with van der Waals surface area (Å²) >= 11 is 0. The normalized spacial score (nSPS) is 9.88. The van der Waals surface area contributed by atoms with E-state index < -0.39 is 12.1 Å². The van der Waals surface area contributed by atoms with Crippen LogP contribution < -0.4 is 0 Å². The number of hydrogen-bond donors (Lipinski definition) is 1. The average Bonchev–Trinajstić information content (AvgIpc) is 1.31. The monoisotopic (exact) mass is 288 g/mol. The predicted molar refractivity (Wildman–Crippen MR) is 13.7 cm³/mol. The maximum absolute atomic E-state index is 10.6. The van der Waals surface area contributed by atoms with Gasteiger partial charge in [-0.05, 0) is 0 Å². The van der Waals surface area contributed by atoms with Crippen molar-refractivity contribution in [3.8, 4) is 0 Å². The van der Waals surface area contributed by atoms with Gasteiger partial charge in [0.25, 0.3) is 0 Å². The molecule has 0 saturated carbocycles. The minimum atomic E-state index is -5.08. The van der Waals surface area contributed by atoms with Gasteiger partial charge in [0.1, 0.15) is 0 Å². The number of carbonyl (C=O) groups is 1. The van der Waals surface area contributed by atoms with Gasteiger partial charge < -0.3 is 5.11 Å². The van der Waals surface area contributed by atoms with Crippen LogP contribution in [0.1, 0.15) is 0 Å². The van der Waals surface area contributed by atoms with Crippen LogP contribution in [0.5, 0.6) is 0 Å². The van der Waals surface area contributed by atoms with Crippen LogP contribution in [0.25, 0.3) is 0 Å². The quantitative estimate of drug-likeness (QED) is 0.709. The van der Waals surface area contributed by atoms with E-state index in [4.69, 9.17) is 9.90 Å². The van der Waals surface area contributed by atoms with Crippen molar-refractivity contribution in [3.05, 3.63) is 0 Å². The first-order valence-corrected chi connectivity index (χ1v) is 1.24. The zero-order chi connectivity index (χ0) is 6.08. The van der Waals surface area contributed by atoms with E-state index in [-0.39, 0.29) is 46.9 Å². The van der Waals surface area contributed by atoms with Gasteiger partial charge in [0.15, 0.2) is 0 Å². The second-order valence-electron chi connectivity index (χ2n) is 0.803. The van der Waals surface area contributed by atoms with Crippen molar-refractivity contribution in [1.82, 2.24) is 0 Å². The Kier molecular flexibility index (Phi) is 5.40.